The zero-order chi connectivity index (χ0) is 14.4. The molecule has 0 fully saturated rings. The SMILES string of the molecule is CN(Cc1ccc(Cl)nc1)[C@@H](CCO)c1ccccc1. The monoisotopic (exact) mass is 290 g/mol. The Morgan fingerprint density at radius 1 is 1.20 bits per heavy atom. The van der Waals surface area contributed by atoms with Crippen LogP contribution in [0.1, 0.15) is 23.6 Å². The van der Waals surface area contributed by atoms with Gasteiger partial charge in [-0.25, -0.2) is 4.98 Å². The lowest BCUT2D eigenvalue weighted by Crippen LogP contribution is -2.25. The maximum atomic E-state index is 9.29. The van der Waals surface area contributed by atoms with Gasteiger partial charge in [-0.05, 0) is 30.7 Å². The number of aromatic nitrogens is 1. The highest BCUT2D eigenvalue weighted by Gasteiger charge is 2.16. The molecule has 20 heavy (non-hydrogen) atoms. The van der Waals surface area contributed by atoms with E-state index in [4.69, 9.17) is 11.6 Å². The molecule has 0 aliphatic heterocycles. The molecule has 0 radical (unpaired) electrons. The highest BCUT2D eigenvalue weighted by molar-refractivity contribution is 6.29. The van der Waals surface area contributed by atoms with Gasteiger partial charge >= 0.3 is 0 Å². The lowest BCUT2D eigenvalue weighted by molar-refractivity contribution is 0.180. The van der Waals surface area contributed by atoms with E-state index in [0.29, 0.717) is 11.6 Å². The van der Waals surface area contributed by atoms with Gasteiger partial charge in [0.25, 0.3) is 0 Å². The molecule has 3 nitrogen and oxygen atoms in total. The summed E-state index contributed by atoms with van der Waals surface area (Å²) >= 11 is 5.80. The molecule has 2 aromatic rings. The Labute approximate surface area is 124 Å². The Kier molecular flexibility index (Phi) is 5.53. The van der Waals surface area contributed by atoms with Crippen LogP contribution in [0.25, 0.3) is 0 Å². The first-order valence-electron chi connectivity index (χ1n) is 6.67. The van der Waals surface area contributed by atoms with Crippen LogP contribution in [0.4, 0.5) is 0 Å². The van der Waals surface area contributed by atoms with Crippen LogP contribution in [0.5, 0.6) is 0 Å². The van der Waals surface area contributed by atoms with Crippen LogP contribution in [-0.2, 0) is 6.54 Å². The average Bonchev–Trinajstić information content (AvgIpc) is 2.48. The molecule has 0 saturated heterocycles. The van der Waals surface area contributed by atoms with Crippen LogP contribution in [0, 0.1) is 0 Å². The quantitative estimate of drug-likeness (QED) is 0.830. The Morgan fingerprint density at radius 3 is 2.55 bits per heavy atom. The Balaban J connectivity index is 2.11. The van der Waals surface area contributed by atoms with E-state index < -0.39 is 0 Å². The fourth-order valence-corrected chi connectivity index (χ4v) is 2.45. The normalized spacial score (nSPS) is 12.6. The zero-order valence-corrected chi connectivity index (χ0v) is 12.3. The number of halogens is 1. The molecule has 0 saturated carbocycles. The summed E-state index contributed by atoms with van der Waals surface area (Å²) in [5.41, 5.74) is 2.32. The molecule has 4 heteroatoms. The van der Waals surface area contributed by atoms with Gasteiger partial charge in [0.1, 0.15) is 5.15 Å². The molecular weight excluding hydrogens is 272 g/mol. The van der Waals surface area contributed by atoms with Crippen molar-refractivity contribution in [3.05, 3.63) is 64.9 Å². The molecule has 0 aliphatic rings. The second-order valence-corrected chi connectivity index (χ2v) is 5.23. The predicted molar refractivity (Wildman–Crippen MR) is 81.6 cm³/mol. The summed E-state index contributed by atoms with van der Waals surface area (Å²) in [6, 6.07) is 14.2. The number of aliphatic hydroxyl groups excluding tert-OH is 1. The number of nitrogens with zero attached hydrogens (tertiary/aromatic N) is 2. The summed E-state index contributed by atoms with van der Waals surface area (Å²) in [7, 11) is 2.06. The maximum Gasteiger partial charge on any atom is 0.129 e. The Bertz CT molecular complexity index is 516. The number of benzene rings is 1. The molecule has 1 aromatic heterocycles. The molecule has 1 heterocycles. The number of hydrogen-bond donors (Lipinski definition) is 1. The molecule has 1 N–H and O–H groups in total. The summed E-state index contributed by atoms with van der Waals surface area (Å²) in [6.45, 7) is 0.937. The lowest BCUT2D eigenvalue weighted by Gasteiger charge is -2.28. The van der Waals surface area contributed by atoms with Gasteiger partial charge in [0.2, 0.25) is 0 Å². The number of hydrogen-bond acceptors (Lipinski definition) is 3. The van der Waals surface area contributed by atoms with Crippen molar-refractivity contribution in [3.63, 3.8) is 0 Å². The standard InChI is InChI=1S/C16H19ClN2O/c1-19(12-13-7-8-16(17)18-11-13)15(9-10-20)14-5-3-2-4-6-14/h2-8,11,15,20H,9-10,12H2,1H3/t15-/m0/s1. The molecule has 0 unspecified atom stereocenters. The summed E-state index contributed by atoms with van der Waals surface area (Å²) in [5, 5.41) is 9.80. The van der Waals surface area contributed by atoms with E-state index in [9.17, 15) is 5.11 Å². The highest BCUT2D eigenvalue weighted by Crippen LogP contribution is 2.24. The first-order chi connectivity index (χ1) is 9.70. The van der Waals surface area contributed by atoms with E-state index in [1.54, 1.807) is 12.3 Å². The van der Waals surface area contributed by atoms with Crippen LogP contribution in [0.2, 0.25) is 5.15 Å². The van der Waals surface area contributed by atoms with Gasteiger partial charge in [0.15, 0.2) is 0 Å². The predicted octanol–water partition coefficient (Wildman–Crippen LogP) is 3.29. The minimum atomic E-state index is 0.169. The van der Waals surface area contributed by atoms with Crippen LogP contribution in [-0.4, -0.2) is 28.6 Å². The van der Waals surface area contributed by atoms with Crippen LogP contribution >= 0.6 is 11.6 Å². The first kappa shape index (κ1) is 15.0. The maximum absolute atomic E-state index is 9.29. The highest BCUT2D eigenvalue weighted by atomic mass is 35.5. The minimum Gasteiger partial charge on any atom is -0.396 e. The van der Waals surface area contributed by atoms with E-state index in [-0.39, 0.29) is 12.6 Å². The van der Waals surface area contributed by atoms with E-state index in [2.05, 4.69) is 29.1 Å². The largest absolute Gasteiger partial charge is 0.396 e. The smallest absolute Gasteiger partial charge is 0.129 e. The minimum absolute atomic E-state index is 0.169. The van der Waals surface area contributed by atoms with Crippen molar-refractivity contribution >= 4 is 11.6 Å². The fraction of sp³-hybridized carbons (Fsp3) is 0.312. The van der Waals surface area contributed by atoms with Gasteiger partial charge in [-0.1, -0.05) is 48.0 Å². The van der Waals surface area contributed by atoms with Crippen molar-refractivity contribution in [2.75, 3.05) is 13.7 Å². The van der Waals surface area contributed by atoms with Crippen molar-refractivity contribution in [1.29, 1.82) is 0 Å². The Hall–Kier alpha value is -1.42. The third-order valence-electron chi connectivity index (χ3n) is 3.34. The topological polar surface area (TPSA) is 36.4 Å². The van der Waals surface area contributed by atoms with Gasteiger partial charge in [0, 0.05) is 25.4 Å². The molecule has 0 amide bonds. The average molecular weight is 291 g/mol. The lowest BCUT2D eigenvalue weighted by atomic mass is 10.0. The molecule has 0 spiro atoms. The van der Waals surface area contributed by atoms with E-state index in [1.165, 1.54) is 5.56 Å². The van der Waals surface area contributed by atoms with Crippen molar-refractivity contribution in [3.8, 4) is 0 Å². The van der Waals surface area contributed by atoms with Crippen molar-refractivity contribution in [2.24, 2.45) is 0 Å². The zero-order valence-electron chi connectivity index (χ0n) is 11.5. The van der Waals surface area contributed by atoms with Gasteiger partial charge in [-0.3, -0.25) is 4.90 Å². The second-order valence-electron chi connectivity index (χ2n) is 4.84. The van der Waals surface area contributed by atoms with Gasteiger partial charge in [-0.2, -0.15) is 0 Å². The molecule has 0 bridgehead atoms. The van der Waals surface area contributed by atoms with Gasteiger partial charge in [0.05, 0.1) is 0 Å². The van der Waals surface area contributed by atoms with Gasteiger partial charge < -0.3 is 5.11 Å². The third-order valence-corrected chi connectivity index (χ3v) is 3.56. The number of pyridine rings is 1. The third kappa shape index (κ3) is 4.04. The van der Waals surface area contributed by atoms with Crippen molar-refractivity contribution < 1.29 is 5.11 Å². The van der Waals surface area contributed by atoms with Crippen molar-refractivity contribution in [2.45, 2.75) is 19.0 Å². The number of rotatable bonds is 6. The first-order valence-corrected chi connectivity index (χ1v) is 7.05. The van der Waals surface area contributed by atoms with Crippen LogP contribution in [0.3, 0.4) is 0 Å². The second kappa shape index (κ2) is 7.39. The molecule has 106 valence electrons. The molecule has 0 aliphatic carbocycles. The van der Waals surface area contributed by atoms with E-state index in [1.807, 2.05) is 24.3 Å². The molecule has 1 atom stereocenters. The number of aliphatic hydroxyl groups is 1. The molecular formula is C16H19ClN2O. The van der Waals surface area contributed by atoms with Crippen LogP contribution < -0.4 is 0 Å². The molecule has 1 aromatic carbocycles. The summed E-state index contributed by atoms with van der Waals surface area (Å²) in [6.07, 6.45) is 2.50. The fourth-order valence-electron chi connectivity index (χ4n) is 2.34. The van der Waals surface area contributed by atoms with E-state index in [0.717, 1.165) is 12.1 Å². The summed E-state index contributed by atoms with van der Waals surface area (Å²) < 4.78 is 0. The van der Waals surface area contributed by atoms with Gasteiger partial charge in [-0.15, -0.1) is 0 Å². The van der Waals surface area contributed by atoms with Crippen LogP contribution in [0.15, 0.2) is 48.7 Å². The summed E-state index contributed by atoms with van der Waals surface area (Å²) in [4.78, 5) is 6.32. The van der Waals surface area contributed by atoms with E-state index >= 15 is 0 Å². The Morgan fingerprint density at radius 2 is 1.95 bits per heavy atom. The molecule has 2 rings (SSSR count). The van der Waals surface area contributed by atoms with Crippen molar-refractivity contribution in [1.82, 2.24) is 9.88 Å². The summed E-state index contributed by atoms with van der Waals surface area (Å²) in [5.74, 6) is 0.